The number of likely N-dealkylation sites (tertiary alicyclic amines) is 1. The number of amides is 1. The number of benzene rings is 1. The molecule has 2 aromatic rings. The molecule has 3 heterocycles. The SMILES string of the molecule is Cc1cccc(CN2CCCC3(CCN(c4cc(C)nc(N)n4)C3)C2=O)c1. The van der Waals surface area contributed by atoms with E-state index < -0.39 is 0 Å². The molecule has 1 aromatic heterocycles. The molecule has 1 unspecified atom stereocenters. The second-order valence-electron chi connectivity index (χ2n) is 8.00. The first-order chi connectivity index (χ1) is 12.9. The van der Waals surface area contributed by atoms with Crippen LogP contribution >= 0.6 is 0 Å². The molecule has 6 nitrogen and oxygen atoms in total. The number of nitrogens with zero attached hydrogens (tertiary/aromatic N) is 4. The van der Waals surface area contributed by atoms with Gasteiger partial charge in [0.2, 0.25) is 11.9 Å². The Labute approximate surface area is 160 Å². The lowest BCUT2D eigenvalue weighted by molar-refractivity contribution is -0.145. The van der Waals surface area contributed by atoms with E-state index in [2.05, 4.69) is 46.1 Å². The molecule has 1 atom stereocenters. The number of rotatable bonds is 3. The van der Waals surface area contributed by atoms with Crippen LogP contribution in [0.2, 0.25) is 0 Å². The van der Waals surface area contributed by atoms with Crippen LogP contribution in [0.4, 0.5) is 11.8 Å². The van der Waals surface area contributed by atoms with E-state index in [0.29, 0.717) is 19.0 Å². The van der Waals surface area contributed by atoms with Gasteiger partial charge in [0.1, 0.15) is 5.82 Å². The van der Waals surface area contributed by atoms with Gasteiger partial charge >= 0.3 is 0 Å². The van der Waals surface area contributed by atoms with Crippen molar-refractivity contribution in [1.82, 2.24) is 14.9 Å². The van der Waals surface area contributed by atoms with Gasteiger partial charge in [-0.05, 0) is 38.7 Å². The molecule has 4 rings (SSSR count). The second kappa shape index (κ2) is 6.83. The fourth-order valence-corrected chi connectivity index (χ4v) is 4.52. The summed E-state index contributed by atoms with van der Waals surface area (Å²) < 4.78 is 0. The molecule has 0 radical (unpaired) electrons. The van der Waals surface area contributed by atoms with Crippen LogP contribution in [0.5, 0.6) is 0 Å². The number of piperidine rings is 1. The smallest absolute Gasteiger partial charge is 0.230 e. The lowest BCUT2D eigenvalue weighted by Gasteiger charge is -2.39. The van der Waals surface area contributed by atoms with E-state index in [9.17, 15) is 4.79 Å². The summed E-state index contributed by atoms with van der Waals surface area (Å²) in [4.78, 5) is 26.2. The second-order valence-corrected chi connectivity index (χ2v) is 8.00. The van der Waals surface area contributed by atoms with E-state index in [1.54, 1.807) is 0 Å². The van der Waals surface area contributed by atoms with E-state index >= 15 is 0 Å². The molecule has 2 aliphatic heterocycles. The standard InChI is InChI=1S/C21H27N5O/c1-15-5-3-6-17(11-15)13-25-9-4-7-21(19(25)27)8-10-26(14-21)18-12-16(2)23-20(22)24-18/h3,5-6,11-12H,4,7-10,13-14H2,1-2H3,(H2,22,23,24). The van der Waals surface area contributed by atoms with Crippen LogP contribution in [-0.2, 0) is 11.3 Å². The normalized spacial score (nSPS) is 22.7. The molecule has 0 bridgehead atoms. The molecule has 2 aliphatic rings. The number of aromatic nitrogens is 2. The Bertz CT molecular complexity index is 847. The molecule has 1 spiro atoms. The summed E-state index contributed by atoms with van der Waals surface area (Å²) in [6.45, 7) is 7.10. The van der Waals surface area contributed by atoms with Gasteiger partial charge in [-0.15, -0.1) is 0 Å². The van der Waals surface area contributed by atoms with Crippen LogP contribution < -0.4 is 10.6 Å². The topological polar surface area (TPSA) is 75.3 Å². The zero-order valence-corrected chi connectivity index (χ0v) is 16.1. The molecule has 2 N–H and O–H groups in total. The van der Waals surface area contributed by atoms with E-state index in [0.717, 1.165) is 43.9 Å². The molecule has 27 heavy (non-hydrogen) atoms. The van der Waals surface area contributed by atoms with Gasteiger partial charge in [0, 0.05) is 37.9 Å². The zero-order chi connectivity index (χ0) is 19.0. The Kier molecular flexibility index (Phi) is 4.50. The molecule has 1 aromatic carbocycles. The number of nitrogen functional groups attached to an aromatic ring is 1. The Morgan fingerprint density at radius 1 is 1.15 bits per heavy atom. The van der Waals surface area contributed by atoms with E-state index in [1.165, 1.54) is 11.1 Å². The van der Waals surface area contributed by atoms with Crippen molar-refractivity contribution in [1.29, 1.82) is 0 Å². The van der Waals surface area contributed by atoms with Crippen molar-refractivity contribution in [3.63, 3.8) is 0 Å². The van der Waals surface area contributed by atoms with Crippen LogP contribution in [0.1, 0.15) is 36.1 Å². The number of hydrogen-bond donors (Lipinski definition) is 1. The number of anilines is 2. The molecule has 1 amide bonds. The monoisotopic (exact) mass is 365 g/mol. The van der Waals surface area contributed by atoms with E-state index in [1.807, 2.05) is 17.9 Å². The molecule has 6 heteroatoms. The summed E-state index contributed by atoms with van der Waals surface area (Å²) in [7, 11) is 0. The highest BCUT2D eigenvalue weighted by Gasteiger charge is 2.48. The highest BCUT2D eigenvalue weighted by molar-refractivity contribution is 5.85. The summed E-state index contributed by atoms with van der Waals surface area (Å²) >= 11 is 0. The van der Waals surface area contributed by atoms with Crippen molar-refractivity contribution in [2.75, 3.05) is 30.3 Å². The average molecular weight is 365 g/mol. The van der Waals surface area contributed by atoms with E-state index in [4.69, 9.17) is 5.73 Å². The van der Waals surface area contributed by atoms with Crippen molar-refractivity contribution in [2.24, 2.45) is 5.41 Å². The highest BCUT2D eigenvalue weighted by Crippen LogP contribution is 2.41. The van der Waals surface area contributed by atoms with Crippen molar-refractivity contribution in [3.8, 4) is 0 Å². The lowest BCUT2D eigenvalue weighted by atomic mass is 9.78. The maximum Gasteiger partial charge on any atom is 0.230 e. The summed E-state index contributed by atoms with van der Waals surface area (Å²) in [6, 6.07) is 10.4. The van der Waals surface area contributed by atoms with Gasteiger partial charge in [0.25, 0.3) is 0 Å². The van der Waals surface area contributed by atoms with Crippen LogP contribution in [0.25, 0.3) is 0 Å². The maximum atomic E-state index is 13.4. The van der Waals surface area contributed by atoms with Crippen LogP contribution in [-0.4, -0.2) is 40.4 Å². The van der Waals surface area contributed by atoms with Crippen LogP contribution in [0, 0.1) is 19.3 Å². The van der Waals surface area contributed by atoms with Crippen molar-refractivity contribution in [3.05, 3.63) is 47.2 Å². The maximum absolute atomic E-state index is 13.4. The predicted molar refractivity (Wildman–Crippen MR) is 106 cm³/mol. The van der Waals surface area contributed by atoms with Crippen molar-refractivity contribution >= 4 is 17.7 Å². The van der Waals surface area contributed by atoms with Gasteiger partial charge < -0.3 is 15.5 Å². The Hall–Kier alpha value is -2.63. The summed E-state index contributed by atoms with van der Waals surface area (Å²) in [6.07, 6.45) is 2.88. The number of nitrogens with two attached hydrogens (primary N) is 1. The highest BCUT2D eigenvalue weighted by atomic mass is 16.2. The minimum absolute atomic E-state index is 0.288. The fraction of sp³-hybridized carbons (Fsp3) is 0.476. The number of carbonyl (C=O) groups is 1. The molecular weight excluding hydrogens is 338 g/mol. The molecule has 0 saturated carbocycles. The van der Waals surface area contributed by atoms with Gasteiger partial charge in [0.15, 0.2) is 0 Å². The average Bonchev–Trinajstić information content (AvgIpc) is 3.04. The number of carbonyl (C=O) groups excluding carboxylic acids is 1. The van der Waals surface area contributed by atoms with Gasteiger partial charge in [-0.25, -0.2) is 4.98 Å². The van der Waals surface area contributed by atoms with Gasteiger partial charge in [-0.3, -0.25) is 4.79 Å². The van der Waals surface area contributed by atoms with Crippen molar-refractivity contribution in [2.45, 2.75) is 39.7 Å². The first kappa shape index (κ1) is 17.8. The summed E-state index contributed by atoms with van der Waals surface area (Å²) in [5.41, 5.74) is 8.82. The van der Waals surface area contributed by atoms with Gasteiger partial charge in [-0.1, -0.05) is 29.8 Å². The molecule has 2 saturated heterocycles. The molecule has 2 fully saturated rings. The van der Waals surface area contributed by atoms with Crippen LogP contribution in [0.15, 0.2) is 30.3 Å². The number of hydrogen-bond acceptors (Lipinski definition) is 5. The zero-order valence-electron chi connectivity index (χ0n) is 16.1. The number of aryl methyl sites for hydroxylation is 2. The first-order valence-electron chi connectivity index (χ1n) is 9.66. The van der Waals surface area contributed by atoms with Crippen molar-refractivity contribution < 1.29 is 4.79 Å². The minimum Gasteiger partial charge on any atom is -0.368 e. The summed E-state index contributed by atoms with van der Waals surface area (Å²) in [5, 5.41) is 0. The predicted octanol–water partition coefficient (Wildman–Crippen LogP) is 2.69. The molecule has 142 valence electrons. The van der Waals surface area contributed by atoms with E-state index in [-0.39, 0.29) is 11.3 Å². The Morgan fingerprint density at radius 3 is 2.78 bits per heavy atom. The third kappa shape index (κ3) is 3.48. The quantitative estimate of drug-likeness (QED) is 0.905. The molecular formula is C21H27N5O. The minimum atomic E-state index is -0.296. The lowest BCUT2D eigenvalue weighted by Crippen LogP contribution is -2.49. The first-order valence-corrected chi connectivity index (χ1v) is 9.66. The largest absolute Gasteiger partial charge is 0.368 e. The van der Waals surface area contributed by atoms with Gasteiger partial charge in [0.05, 0.1) is 5.41 Å². The molecule has 0 aliphatic carbocycles. The third-order valence-electron chi connectivity index (χ3n) is 5.82. The Balaban J connectivity index is 1.52. The van der Waals surface area contributed by atoms with Crippen LogP contribution in [0.3, 0.4) is 0 Å². The van der Waals surface area contributed by atoms with Gasteiger partial charge in [-0.2, -0.15) is 4.98 Å². The fourth-order valence-electron chi connectivity index (χ4n) is 4.52. The Morgan fingerprint density at radius 2 is 2.00 bits per heavy atom. The third-order valence-corrected chi connectivity index (χ3v) is 5.82. The summed E-state index contributed by atoms with van der Waals surface area (Å²) in [5.74, 6) is 1.42.